The van der Waals surface area contributed by atoms with Crippen LogP contribution in [0.25, 0.3) is 0 Å². The number of hydrogen-bond donors (Lipinski definition) is 1. The number of ether oxygens (including phenoxy) is 2. The zero-order valence-electron chi connectivity index (χ0n) is 14.0. The van der Waals surface area contributed by atoms with Crippen molar-refractivity contribution in [2.24, 2.45) is 0 Å². The van der Waals surface area contributed by atoms with Crippen LogP contribution in [0, 0.1) is 6.92 Å². The average molecular weight is 352 g/mol. The second kappa shape index (κ2) is 7.98. The topological polar surface area (TPSA) is 90.7 Å². The fourth-order valence-electron chi connectivity index (χ4n) is 2.10. The molecule has 0 aliphatic rings. The van der Waals surface area contributed by atoms with E-state index in [1.54, 1.807) is 61.5 Å². The van der Waals surface area contributed by atoms with E-state index in [0.29, 0.717) is 22.8 Å². The zero-order chi connectivity index (χ0) is 18.4. The molecule has 1 N–H and O–H groups in total. The first kappa shape index (κ1) is 17.2. The average Bonchev–Trinajstić information content (AvgIpc) is 3.08. The standard InChI is InChI=1S/C19H16N2O5/c1-13-11-17(21-26-13)24-12-18(22)25-16-9-7-15(8-10-16)20-19(23)14-5-3-2-4-6-14/h2-11H,12H2,1H3,(H,20,23). The van der Waals surface area contributed by atoms with Gasteiger partial charge in [0.1, 0.15) is 11.5 Å². The number of benzene rings is 2. The number of aryl methyl sites for hydroxylation is 1. The summed E-state index contributed by atoms with van der Waals surface area (Å²) in [6, 6.07) is 16.9. The van der Waals surface area contributed by atoms with Crippen LogP contribution in [0.1, 0.15) is 16.1 Å². The van der Waals surface area contributed by atoms with Crippen molar-refractivity contribution in [1.29, 1.82) is 0 Å². The van der Waals surface area contributed by atoms with Crippen molar-refractivity contribution in [3.8, 4) is 11.6 Å². The van der Waals surface area contributed by atoms with Gasteiger partial charge in [0.05, 0.1) is 0 Å². The van der Waals surface area contributed by atoms with Crippen molar-refractivity contribution in [3.05, 3.63) is 72.0 Å². The first-order valence-electron chi connectivity index (χ1n) is 7.83. The Hall–Kier alpha value is -3.61. The summed E-state index contributed by atoms with van der Waals surface area (Å²) >= 11 is 0. The molecule has 26 heavy (non-hydrogen) atoms. The Morgan fingerprint density at radius 2 is 1.81 bits per heavy atom. The highest BCUT2D eigenvalue weighted by atomic mass is 16.6. The number of nitrogens with one attached hydrogen (secondary N) is 1. The predicted octanol–water partition coefficient (Wildman–Crippen LogP) is 3.22. The van der Waals surface area contributed by atoms with E-state index in [0.717, 1.165) is 0 Å². The van der Waals surface area contributed by atoms with Gasteiger partial charge in [-0.3, -0.25) is 4.79 Å². The molecule has 1 amide bonds. The number of carbonyl (C=O) groups excluding carboxylic acids is 2. The molecule has 0 atom stereocenters. The molecule has 2 aromatic carbocycles. The summed E-state index contributed by atoms with van der Waals surface area (Å²) in [6.45, 7) is 1.43. The molecule has 0 saturated carbocycles. The van der Waals surface area contributed by atoms with Crippen LogP contribution in [-0.2, 0) is 4.79 Å². The van der Waals surface area contributed by atoms with Crippen LogP contribution in [0.2, 0.25) is 0 Å². The third-order valence-corrected chi connectivity index (χ3v) is 3.32. The summed E-state index contributed by atoms with van der Waals surface area (Å²) in [5.41, 5.74) is 1.15. The maximum Gasteiger partial charge on any atom is 0.349 e. The molecule has 7 heteroatoms. The van der Waals surface area contributed by atoms with Crippen molar-refractivity contribution in [1.82, 2.24) is 5.16 Å². The van der Waals surface area contributed by atoms with Gasteiger partial charge in [-0.25, -0.2) is 4.79 Å². The molecular formula is C19H16N2O5. The molecule has 0 saturated heterocycles. The molecule has 0 aliphatic carbocycles. The summed E-state index contributed by atoms with van der Waals surface area (Å²) in [5, 5.41) is 6.38. The lowest BCUT2D eigenvalue weighted by atomic mass is 10.2. The maximum atomic E-state index is 12.1. The molecule has 3 aromatic rings. The lowest BCUT2D eigenvalue weighted by Gasteiger charge is -2.07. The minimum atomic E-state index is -0.577. The first-order valence-corrected chi connectivity index (χ1v) is 7.83. The number of carbonyl (C=O) groups is 2. The third kappa shape index (κ3) is 4.70. The second-order valence-electron chi connectivity index (χ2n) is 5.38. The molecule has 1 aromatic heterocycles. The number of aromatic nitrogens is 1. The molecule has 0 radical (unpaired) electrons. The largest absolute Gasteiger partial charge is 0.463 e. The summed E-state index contributed by atoms with van der Waals surface area (Å²) in [5.74, 6) is 0.353. The minimum absolute atomic E-state index is 0.216. The zero-order valence-corrected chi connectivity index (χ0v) is 14.0. The summed E-state index contributed by atoms with van der Waals surface area (Å²) in [6.07, 6.45) is 0. The predicted molar refractivity (Wildman–Crippen MR) is 93.2 cm³/mol. The van der Waals surface area contributed by atoms with Gasteiger partial charge < -0.3 is 19.3 Å². The van der Waals surface area contributed by atoms with Gasteiger partial charge in [-0.2, -0.15) is 0 Å². The molecule has 3 rings (SSSR count). The Bertz CT molecular complexity index is 888. The SMILES string of the molecule is Cc1cc(OCC(=O)Oc2ccc(NC(=O)c3ccccc3)cc2)no1. The lowest BCUT2D eigenvalue weighted by Crippen LogP contribution is -2.17. The van der Waals surface area contributed by atoms with E-state index < -0.39 is 5.97 Å². The Labute approximate surface area is 149 Å². The smallest absolute Gasteiger partial charge is 0.349 e. The fourth-order valence-corrected chi connectivity index (χ4v) is 2.10. The molecule has 0 bridgehead atoms. The van der Waals surface area contributed by atoms with Crippen molar-refractivity contribution >= 4 is 17.6 Å². The molecule has 0 aliphatic heterocycles. The number of anilines is 1. The minimum Gasteiger partial charge on any atom is -0.463 e. The Morgan fingerprint density at radius 1 is 1.08 bits per heavy atom. The molecule has 0 unspecified atom stereocenters. The second-order valence-corrected chi connectivity index (χ2v) is 5.38. The summed E-state index contributed by atoms with van der Waals surface area (Å²) in [4.78, 5) is 23.8. The Kier molecular flexibility index (Phi) is 5.28. The normalized spacial score (nSPS) is 10.2. The van der Waals surface area contributed by atoms with Gasteiger partial charge in [0.25, 0.3) is 11.8 Å². The molecular weight excluding hydrogens is 336 g/mol. The van der Waals surface area contributed by atoms with E-state index in [1.165, 1.54) is 0 Å². The summed E-state index contributed by atoms with van der Waals surface area (Å²) in [7, 11) is 0. The van der Waals surface area contributed by atoms with Crippen LogP contribution in [-0.4, -0.2) is 23.6 Å². The lowest BCUT2D eigenvalue weighted by molar-refractivity contribution is -0.136. The van der Waals surface area contributed by atoms with E-state index >= 15 is 0 Å². The van der Waals surface area contributed by atoms with Crippen LogP contribution in [0.4, 0.5) is 5.69 Å². The van der Waals surface area contributed by atoms with Gasteiger partial charge in [0.15, 0.2) is 6.61 Å². The molecule has 0 spiro atoms. The van der Waals surface area contributed by atoms with E-state index in [4.69, 9.17) is 14.0 Å². The van der Waals surface area contributed by atoms with Crippen LogP contribution in [0.5, 0.6) is 11.6 Å². The highest BCUT2D eigenvalue weighted by Gasteiger charge is 2.09. The quantitative estimate of drug-likeness (QED) is 0.541. The monoisotopic (exact) mass is 352 g/mol. The van der Waals surface area contributed by atoms with Crippen molar-refractivity contribution < 1.29 is 23.6 Å². The van der Waals surface area contributed by atoms with E-state index in [1.807, 2.05) is 6.07 Å². The molecule has 7 nitrogen and oxygen atoms in total. The van der Waals surface area contributed by atoms with Crippen molar-refractivity contribution in [3.63, 3.8) is 0 Å². The van der Waals surface area contributed by atoms with Gasteiger partial charge in [-0.1, -0.05) is 18.2 Å². The van der Waals surface area contributed by atoms with E-state index in [9.17, 15) is 9.59 Å². The Balaban J connectivity index is 1.51. The van der Waals surface area contributed by atoms with Crippen molar-refractivity contribution in [2.45, 2.75) is 6.92 Å². The highest BCUT2D eigenvalue weighted by molar-refractivity contribution is 6.04. The third-order valence-electron chi connectivity index (χ3n) is 3.32. The number of nitrogens with zero attached hydrogens (tertiary/aromatic N) is 1. The number of esters is 1. The Morgan fingerprint density at radius 3 is 2.46 bits per heavy atom. The van der Waals surface area contributed by atoms with Gasteiger partial charge >= 0.3 is 5.97 Å². The number of rotatable bonds is 6. The molecule has 0 fully saturated rings. The van der Waals surface area contributed by atoms with Crippen LogP contribution in [0.3, 0.4) is 0 Å². The fraction of sp³-hybridized carbons (Fsp3) is 0.105. The maximum absolute atomic E-state index is 12.1. The van der Waals surface area contributed by atoms with Crippen LogP contribution < -0.4 is 14.8 Å². The van der Waals surface area contributed by atoms with Gasteiger partial charge in [0, 0.05) is 17.3 Å². The van der Waals surface area contributed by atoms with E-state index in [2.05, 4.69) is 10.5 Å². The van der Waals surface area contributed by atoms with Crippen molar-refractivity contribution in [2.75, 3.05) is 11.9 Å². The summed E-state index contributed by atoms with van der Waals surface area (Å²) < 4.78 is 15.1. The van der Waals surface area contributed by atoms with Gasteiger partial charge in [0.2, 0.25) is 0 Å². The number of hydrogen-bond acceptors (Lipinski definition) is 6. The van der Waals surface area contributed by atoms with Crippen LogP contribution in [0.15, 0.2) is 65.2 Å². The van der Waals surface area contributed by atoms with Gasteiger partial charge in [-0.05, 0) is 48.5 Å². The first-order chi connectivity index (χ1) is 12.6. The van der Waals surface area contributed by atoms with Crippen LogP contribution >= 0.6 is 0 Å². The highest BCUT2D eigenvalue weighted by Crippen LogP contribution is 2.17. The molecule has 132 valence electrons. The molecule has 1 heterocycles. The van der Waals surface area contributed by atoms with E-state index in [-0.39, 0.29) is 18.4 Å². The van der Waals surface area contributed by atoms with Gasteiger partial charge in [-0.15, -0.1) is 0 Å². The number of amides is 1.